The number of hydrogen-bond acceptors (Lipinski definition) is 23. The van der Waals surface area contributed by atoms with Crippen molar-refractivity contribution in [3.05, 3.63) is 36.3 Å². The lowest BCUT2D eigenvalue weighted by Gasteiger charge is -2.43. The molecule has 372 valence electrons. The first-order valence-electron chi connectivity index (χ1n) is 21.7. The Hall–Kier alpha value is -3.95. The maximum absolute atomic E-state index is 14.0. The standard InChI is InChI=1S/C43H62O23/c1-5-19-21(7-9-44)26(16-60-40(19)65-42-35(53)33(51)31(49)29(13-47)63-42)38(56)59-15-25-18(3)28(11-23(25)24(12-46)37(55)58-4)62-39(57)27-17-61-41(20(6-2)22(27)8-10-45)66-43-36(54)34(52)32(50)30(14-48)64-43/h5,9-10,16-25,28-36,40-43,46-54H,1,6-8,11-15H2,2-4H3/t18-,19+,20+,21+,22+,23-,24-,25+,28+,29-,30+,31-,32-,33+,34-,35+,36-,40-,41+,42-,43-/m0/s1. The zero-order chi connectivity index (χ0) is 48.6. The van der Waals surface area contributed by atoms with Crippen LogP contribution in [0.4, 0.5) is 0 Å². The average Bonchev–Trinajstić information content (AvgIpc) is 3.61. The fourth-order valence-corrected chi connectivity index (χ4v) is 9.50. The van der Waals surface area contributed by atoms with Crippen LogP contribution in [0, 0.1) is 47.3 Å². The molecule has 0 aromatic heterocycles. The van der Waals surface area contributed by atoms with Crippen LogP contribution in [-0.2, 0) is 66.6 Å². The van der Waals surface area contributed by atoms with E-state index in [0.29, 0.717) is 12.6 Å². The number of carbonyl (C=O) groups excluding carboxylic acids is 5. The molecule has 3 fully saturated rings. The predicted molar refractivity (Wildman–Crippen MR) is 216 cm³/mol. The Morgan fingerprint density at radius 1 is 0.758 bits per heavy atom. The molecule has 5 aliphatic rings. The van der Waals surface area contributed by atoms with E-state index in [9.17, 15) is 69.9 Å². The third-order valence-corrected chi connectivity index (χ3v) is 13.5. The minimum atomic E-state index is -1.78. The third kappa shape index (κ3) is 11.1. The highest BCUT2D eigenvalue weighted by molar-refractivity contribution is 5.90. The highest BCUT2D eigenvalue weighted by Crippen LogP contribution is 2.46. The summed E-state index contributed by atoms with van der Waals surface area (Å²) in [6, 6.07) is 0. The molecule has 0 amide bonds. The molecule has 66 heavy (non-hydrogen) atoms. The van der Waals surface area contributed by atoms with E-state index in [1.807, 2.05) is 0 Å². The molecule has 21 atom stereocenters. The first-order chi connectivity index (χ1) is 31.5. The number of hydrogen-bond donors (Lipinski definition) is 9. The van der Waals surface area contributed by atoms with Gasteiger partial charge in [-0.3, -0.25) is 4.79 Å². The van der Waals surface area contributed by atoms with E-state index in [-0.39, 0.29) is 36.8 Å². The van der Waals surface area contributed by atoms with Crippen LogP contribution in [0.3, 0.4) is 0 Å². The molecular formula is C43H62O23. The molecule has 4 heterocycles. The lowest BCUT2D eigenvalue weighted by molar-refractivity contribution is -0.341. The fraction of sp³-hybridized carbons (Fsp3) is 0.744. The molecule has 0 radical (unpaired) electrons. The van der Waals surface area contributed by atoms with Crippen molar-refractivity contribution in [2.24, 2.45) is 47.3 Å². The topological polar surface area (TPSA) is 350 Å². The number of aliphatic hydroxyl groups is 9. The van der Waals surface area contributed by atoms with E-state index in [2.05, 4.69) is 6.58 Å². The first kappa shape index (κ1) is 53.0. The van der Waals surface area contributed by atoms with Crippen LogP contribution >= 0.6 is 0 Å². The van der Waals surface area contributed by atoms with Gasteiger partial charge in [0.15, 0.2) is 12.6 Å². The molecule has 23 nitrogen and oxygen atoms in total. The summed E-state index contributed by atoms with van der Waals surface area (Å²) >= 11 is 0. The van der Waals surface area contributed by atoms with Crippen LogP contribution in [0.5, 0.6) is 0 Å². The summed E-state index contributed by atoms with van der Waals surface area (Å²) in [7, 11) is 1.13. The normalized spacial score (nSPS) is 40.6. The third-order valence-electron chi connectivity index (χ3n) is 13.5. The van der Waals surface area contributed by atoms with E-state index < -0.39 is 172 Å². The summed E-state index contributed by atoms with van der Waals surface area (Å²) in [6.45, 7) is 4.68. The molecule has 1 aliphatic carbocycles. The SMILES string of the molecule is C=C[C@H]1[C@H](O[C@@H]2O[C@@H](CO)[C@H](O)[C@@H](O)[C@H]2O)OC=C(C(=O)OC[C@@H]2[C@H](C)[C@H](OC(=O)C3=CO[C@H](O[C@@H]4O[C@H](CO)[C@H](O)[C@H](O)[C@@H]4O)[C@H](CC)[C@H]3CC=O)C[C@H]2[C@H](CO)C(=O)OC)[C@@H]1CC=O. The number of esters is 3. The van der Waals surface area contributed by atoms with Crippen LogP contribution in [0.2, 0.25) is 0 Å². The molecule has 5 rings (SSSR count). The van der Waals surface area contributed by atoms with E-state index in [1.54, 1.807) is 13.8 Å². The Kier molecular flexibility index (Phi) is 19.2. The quantitative estimate of drug-likeness (QED) is 0.0252. The minimum absolute atomic E-state index is 0.0168. The van der Waals surface area contributed by atoms with Gasteiger partial charge in [-0.2, -0.15) is 0 Å². The van der Waals surface area contributed by atoms with Crippen LogP contribution in [-0.4, -0.2) is 190 Å². The molecule has 0 spiro atoms. The summed E-state index contributed by atoms with van der Waals surface area (Å²) < 4.78 is 50.8. The molecule has 9 N–H and O–H groups in total. The van der Waals surface area contributed by atoms with Crippen molar-refractivity contribution in [3.63, 3.8) is 0 Å². The van der Waals surface area contributed by atoms with Gasteiger partial charge in [0.25, 0.3) is 0 Å². The summed E-state index contributed by atoms with van der Waals surface area (Å²) in [5, 5.41) is 91.5. The van der Waals surface area contributed by atoms with Crippen molar-refractivity contribution in [2.75, 3.05) is 33.5 Å². The van der Waals surface area contributed by atoms with E-state index in [0.717, 1.165) is 19.6 Å². The number of ether oxygens (including phenoxy) is 9. The molecule has 1 saturated carbocycles. The van der Waals surface area contributed by atoms with Gasteiger partial charge >= 0.3 is 17.9 Å². The molecule has 4 aliphatic heterocycles. The number of methoxy groups -OCH3 is 1. The van der Waals surface area contributed by atoms with Crippen LogP contribution in [0.15, 0.2) is 36.3 Å². The Bertz CT molecular complexity index is 1740. The van der Waals surface area contributed by atoms with Gasteiger partial charge in [-0.15, -0.1) is 6.58 Å². The van der Waals surface area contributed by atoms with Gasteiger partial charge in [0.05, 0.1) is 63.1 Å². The lowest BCUT2D eigenvalue weighted by Crippen LogP contribution is -2.60. The Balaban J connectivity index is 1.32. The van der Waals surface area contributed by atoms with Crippen molar-refractivity contribution < 1.29 is 113 Å². The van der Waals surface area contributed by atoms with Crippen LogP contribution in [0.25, 0.3) is 0 Å². The maximum Gasteiger partial charge on any atom is 0.337 e. The highest BCUT2D eigenvalue weighted by atomic mass is 16.8. The van der Waals surface area contributed by atoms with E-state index in [1.165, 1.54) is 6.08 Å². The number of rotatable bonds is 20. The Morgan fingerprint density at radius 2 is 1.29 bits per heavy atom. The van der Waals surface area contributed by atoms with Gasteiger partial charge in [-0.1, -0.05) is 19.9 Å². The number of carbonyl (C=O) groups is 5. The molecular weight excluding hydrogens is 884 g/mol. The number of aliphatic hydroxyl groups excluding tert-OH is 9. The first-order valence-corrected chi connectivity index (χ1v) is 21.7. The Labute approximate surface area is 379 Å². The highest BCUT2D eigenvalue weighted by Gasteiger charge is 2.52. The predicted octanol–water partition coefficient (Wildman–Crippen LogP) is -3.15. The zero-order valence-corrected chi connectivity index (χ0v) is 36.6. The zero-order valence-electron chi connectivity index (χ0n) is 36.6. The smallest absolute Gasteiger partial charge is 0.337 e. The second kappa shape index (κ2) is 23.9. The van der Waals surface area contributed by atoms with Crippen molar-refractivity contribution in [1.82, 2.24) is 0 Å². The second-order valence-corrected chi connectivity index (χ2v) is 17.0. The van der Waals surface area contributed by atoms with Gasteiger partial charge in [0.2, 0.25) is 12.6 Å². The van der Waals surface area contributed by atoms with Crippen molar-refractivity contribution in [2.45, 2.75) is 120 Å². The molecule has 23 heteroatoms. The molecule has 0 aromatic carbocycles. The van der Waals surface area contributed by atoms with E-state index in [4.69, 9.17) is 42.6 Å². The maximum atomic E-state index is 14.0. The van der Waals surface area contributed by atoms with Crippen LogP contribution in [0.1, 0.15) is 39.5 Å². The Morgan fingerprint density at radius 3 is 1.79 bits per heavy atom. The second-order valence-electron chi connectivity index (χ2n) is 17.0. The summed E-state index contributed by atoms with van der Waals surface area (Å²) in [4.78, 5) is 64.7. The largest absolute Gasteiger partial charge is 0.472 e. The van der Waals surface area contributed by atoms with Gasteiger partial charge in [0.1, 0.15) is 67.5 Å². The van der Waals surface area contributed by atoms with Gasteiger partial charge in [0, 0.05) is 42.4 Å². The average molecular weight is 947 g/mol. The molecule has 0 aromatic rings. The van der Waals surface area contributed by atoms with Crippen LogP contribution < -0.4 is 0 Å². The van der Waals surface area contributed by atoms with Crippen molar-refractivity contribution in [1.29, 1.82) is 0 Å². The molecule has 2 saturated heterocycles. The summed E-state index contributed by atoms with van der Waals surface area (Å²) in [5.74, 6) is -9.48. The summed E-state index contributed by atoms with van der Waals surface area (Å²) in [5.41, 5.74) is -0.175. The number of aldehydes is 2. The monoisotopic (exact) mass is 946 g/mol. The molecule has 0 bridgehead atoms. The van der Waals surface area contributed by atoms with Crippen molar-refractivity contribution >= 4 is 30.5 Å². The lowest BCUT2D eigenvalue weighted by atomic mass is 9.80. The summed E-state index contributed by atoms with van der Waals surface area (Å²) in [6.07, 6.45) is -15.4. The molecule has 0 unspecified atom stereocenters. The minimum Gasteiger partial charge on any atom is -0.472 e. The fourth-order valence-electron chi connectivity index (χ4n) is 9.50. The van der Waals surface area contributed by atoms with E-state index >= 15 is 0 Å². The van der Waals surface area contributed by atoms with Gasteiger partial charge in [-0.25, -0.2) is 9.59 Å². The van der Waals surface area contributed by atoms with Gasteiger partial charge < -0.3 is 98.2 Å². The van der Waals surface area contributed by atoms with Gasteiger partial charge in [-0.05, 0) is 24.7 Å². The van der Waals surface area contributed by atoms with Crippen molar-refractivity contribution in [3.8, 4) is 0 Å².